The number of nitrogen functional groups attached to an aromatic ring is 2. The number of nitrogens with one attached hydrogen (secondary N) is 2. The van der Waals surface area contributed by atoms with Crippen LogP contribution >= 0.6 is 0 Å². The molecule has 0 bridgehead atoms. The SMILES string of the molecule is Cc1ccc(S(=O)(=O)N(CCc2c[nH]c3nc(N)nc(N)c23)c2ccc(C(=O)N[C@@H](CCC(=O)O)C(=O)O)cc2)cc1. The van der Waals surface area contributed by atoms with Crippen LogP contribution in [0.2, 0.25) is 0 Å². The number of aromatic amines is 1. The first-order chi connectivity index (χ1) is 19.9. The van der Waals surface area contributed by atoms with Crippen molar-refractivity contribution in [3.05, 3.63) is 71.4 Å². The van der Waals surface area contributed by atoms with Gasteiger partial charge in [-0.05, 0) is 61.7 Å². The molecule has 220 valence electrons. The van der Waals surface area contributed by atoms with Gasteiger partial charge in [-0.15, -0.1) is 0 Å². The molecule has 0 fully saturated rings. The van der Waals surface area contributed by atoms with Crippen molar-refractivity contribution < 1.29 is 33.0 Å². The summed E-state index contributed by atoms with van der Waals surface area (Å²) in [5, 5.41) is 21.0. The average molecular weight is 596 g/mol. The highest BCUT2D eigenvalue weighted by molar-refractivity contribution is 7.92. The first-order valence-corrected chi connectivity index (χ1v) is 14.1. The summed E-state index contributed by atoms with van der Waals surface area (Å²) in [5.74, 6) is -3.16. The predicted octanol–water partition coefficient (Wildman–Crippen LogP) is 1.92. The number of hydrogen-bond acceptors (Lipinski definition) is 9. The van der Waals surface area contributed by atoms with E-state index in [4.69, 9.17) is 16.6 Å². The molecule has 14 nitrogen and oxygen atoms in total. The zero-order chi connectivity index (χ0) is 30.6. The summed E-state index contributed by atoms with van der Waals surface area (Å²) >= 11 is 0. The van der Waals surface area contributed by atoms with Crippen LogP contribution in [0.5, 0.6) is 0 Å². The Morgan fingerprint density at radius 3 is 2.31 bits per heavy atom. The highest BCUT2D eigenvalue weighted by Gasteiger charge is 2.27. The molecule has 0 saturated carbocycles. The fourth-order valence-electron chi connectivity index (χ4n) is 4.34. The number of fused-ring (bicyclic) bond motifs is 1. The summed E-state index contributed by atoms with van der Waals surface area (Å²) in [4.78, 5) is 46.2. The van der Waals surface area contributed by atoms with Gasteiger partial charge in [-0.1, -0.05) is 17.7 Å². The number of carbonyl (C=O) groups is 3. The van der Waals surface area contributed by atoms with Crippen LogP contribution in [0.1, 0.15) is 34.3 Å². The molecular formula is C27H29N7O7S. The molecule has 2 aromatic carbocycles. The molecule has 0 aliphatic carbocycles. The summed E-state index contributed by atoms with van der Waals surface area (Å²) in [6, 6.07) is 10.5. The van der Waals surface area contributed by atoms with Crippen molar-refractivity contribution in [3.63, 3.8) is 0 Å². The largest absolute Gasteiger partial charge is 0.481 e. The molecule has 1 amide bonds. The third-order valence-corrected chi connectivity index (χ3v) is 8.36. The standard InChI is InChI=1S/C27H29N7O7S/c1-15-2-8-19(9-3-15)42(40,41)34(13-12-17-14-30-24-22(17)23(28)32-27(29)33-24)18-6-4-16(5-7-18)25(37)31-20(26(38)39)10-11-21(35)36/h2-9,14,20H,10-13H2,1H3,(H,31,37)(H,35,36)(H,38,39)(H5,28,29,30,32,33)/t20-/m0/s1. The average Bonchev–Trinajstić information content (AvgIpc) is 3.34. The third-order valence-electron chi connectivity index (χ3n) is 6.52. The molecule has 4 aromatic rings. The number of hydrogen-bond donors (Lipinski definition) is 6. The van der Waals surface area contributed by atoms with E-state index in [0.29, 0.717) is 16.6 Å². The van der Waals surface area contributed by atoms with Crippen LogP contribution < -0.4 is 21.1 Å². The molecule has 2 heterocycles. The molecule has 2 aromatic heterocycles. The van der Waals surface area contributed by atoms with Gasteiger partial charge >= 0.3 is 11.9 Å². The summed E-state index contributed by atoms with van der Waals surface area (Å²) in [7, 11) is -4.07. The molecule has 0 radical (unpaired) electrons. The minimum absolute atomic E-state index is 0.00216. The molecule has 15 heteroatoms. The maximum absolute atomic E-state index is 13.8. The van der Waals surface area contributed by atoms with Crippen LogP contribution in [-0.4, -0.2) is 64.0 Å². The first kappa shape index (κ1) is 29.8. The second-order valence-electron chi connectivity index (χ2n) is 9.49. The van der Waals surface area contributed by atoms with Gasteiger partial charge in [-0.3, -0.25) is 13.9 Å². The molecule has 0 unspecified atom stereocenters. The van der Waals surface area contributed by atoms with E-state index in [2.05, 4.69) is 20.3 Å². The quantitative estimate of drug-likeness (QED) is 0.138. The molecule has 0 saturated heterocycles. The summed E-state index contributed by atoms with van der Waals surface area (Å²) < 4.78 is 28.8. The van der Waals surface area contributed by atoms with Crippen molar-refractivity contribution >= 4 is 56.4 Å². The molecule has 0 aliphatic heterocycles. The summed E-state index contributed by atoms with van der Waals surface area (Å²) in [6.07, 6.45) is 1.13. The molecule has 0 aliphatic rings. The fraction of sp³-hybridized carbons (Fsp3) is 0.222. The van der Waals surface area contributed by atoms with E-state index >= 15 is 0 Å². The number of anilines is 3. The van der Waals surface area contributed by atoms with Crippen LogP contribution in [0, 0.1) is 6.92 Å². The Labute approximate surface area is 240 Å². The zero-order valence-corrected chi connectivity index (χ0v) is 23.3. The second-order valence-corrected chi connectivity index (χ2v) is 11.4. The van der Waals surface area contributed by atoms with E-state index in [9.17, 15) is 27.9 Å². The maximum Gasteiger partial charge on any atom is 0.326 e. The normalized spacial score (nSPS) is 12.1. The van der Waals surface area contributed by atoms with Crippen LogP contribution in [0.3, 0.4) is 0 Å². The van der Waals surface area contributed by atoms with Gasteiger partial charge in [-0.2, -0.15) is 9.97 Å². The number of sulfonamides is 1. The Morgan fingerprint density at radius 2 is 1.69 bits per heavy atom. The minimum atomic E-state index is -4.07. The van der Waals surface area contributed by atoms with Crippen LogP contribution in [0.4, 0.5) is 17.5 Å². The van der Waals surface area contributed by atoms with E-state index in [0.717, 1.165) is 5.56 Å². The van der Waals surface area contributed by atoms with Gasteiger partial charge in [0.05, 0.1) is 16.0 Å². The van der Waals surface area contributed by atoms with E-state index < -0.39 is 40.3 Å². The van der Waals surface area contributed by atoms with E-state index in [1.54, 1.807) is 18.3 Å². The number of carboxylic acid groups (broad SMARTS) is 2. The number of rotatable bonds is 12. The van der Waals surface area contributed by atoms with Crippen molar-refractivity contribution in [2.75, 3.05) is 22.3 Å². The summed E-state index contributed by atoms with van der Waals surface area (Å²) in [6.45, 7) is 1.82. The molecule has 42 heavy (non-hydrogen) atoms. The number of H-pyrrole nitrogens is 1. The van der Waals surface area contributed by atoms with Gasteiger partial charge in [0.25, 0.3) is 15.9 Å². The van der Waals surface area contributed by atoms with Crippen molar-refractivity contribution in [3.8, 4) is 0 Å². The third kappa shape index (κ3) is 6.58. The lowest BCUT2D eigenvalue weighted by Gasteiger charge is -2.25. The number of nitrogens with zero attached hydrogens (tertiary/aromatic N) is 3. The lowest BCUT2D eigenvalue weighted by atomic mass is 10.1. The number of aryl methyl sites for hydroxylation is 1. The van der Waals surface area contributed by atoms with Crippen LogP contribution in [0.15, 0.2) is 59.6 Å². The first-order valence-electron chi connectivity index (χ1n) is 12.7. The smallest absolute Gasteiger partial charge is 0.326 e. The Balaban J connectivity index is 1.63. The number of carbonyl (C=O) groups excluding carboxylic acids is 1. The Bertz CT molecular complexity index is 1740. The lowest BCUT2D eigenvalue weighted by Crippen LogP contribution is -2.41. The number of amides is 1. The number of aromatic nitrogens is 3. The van der Waals surface area contributed by atoms with Gasteiger partial charge in [0, 0.05) is 24.7 Å². The predicted molar refractivity (Wildman–Crippen MR) is 154 cm³/mol. The van der Waals surface area contributed by atoms with Crippen LogP contribution in [-0.2, 0) is 26.0 Å². The Morgan fingerprint density at radius 1 is 1.02 bits per heavy atom. The topological polar surface area (TPSA) is 235 Å². The fourth-order valence-corrected chi connectivity index (χ4v) is 5.80. The van der Waals surface area contributed by atoms with Gasteiger partial charge < -0.3 is 32.0 Å². The zero-order valence-electron chi connectivity index (χ0n) is 22.4. The minimum Gasteiger partial charge on any atom is -0.481 e. The molecular weight excluding hydrogens is 566 g/mol. The number of nitrogens with two attached hydrogens (primary N) is 2. The summed E-state index contributed by atoms with van der Waals surface area (Å²) in [5.41, 5.74) is 14.0. The van der Waals surface area contributed by atoms with E-state index in [-0.39, 0.29) is 47.3 Å². The van der Waals surface area contributed by atoms with Crippen LogP contribution in [0.25, 0.3) is 11.0 Å². The molecule has 4 rings (SSSR count). The second kappa shape index (κ2) is 12.1. The van der Waals surface area contributed by atoms with Gasteiger partial charge in [-0.25, -0.2) is 13.2 Å². The number of benzene rings is 2. The lowest BCUT2D eigenvalue weighted by molar-refractivity contribution is -0.140. The van der Waals surface area contributed by atoms with Crippen molar-refractivity contribution in [1.82, 2.24) is 20.3 Å². The highest BCUT2D eigenvalue weighted by atomic mass is 32.2. The van der Waals surface area contributed by atoms with E-state index in [1.165, 1.54) is 40.7 Å². The van der Waals surface area contributed by atoms with Gasteiger partial charge in [0.1, 0.15) is 17.5 Å². The van der Waals surface area contributed by atoms with Crippen molar-refractivity contribution in [2.45, 2.75) is 37.1 Å². The highest BCUT2D eigenvalue weighted by Crippen LogP contribution is 2.28. The Hall–Kier alpha value is -5.18. The molecule has 8 N–H and O–H groups in total. The number of aliphatic carboxylic acids is 2. The molecule has 0 spiro atoms. The maximum atomic E-state index is 13.8. The van der Waals surface area contributed by atoms with Crippen molar-refractivity contribution in [1.29, 1.82) is 0 Å². The van der Waals surface area contributed by atoms with Crippen molar-refractivity contribution in [2.24, 2.45) is 0 Å². The van der Waals surface area contributed by atoms with E-state index in [1.807, 2.05) is 6.92 Å². The van der Waals surface area contributed by atoms with Gasteiger partial charge in [0.2, 0.25) is 5.95 Å². The Kier molecular flexibility index (Phi) is 8.61. The monoisotopic (exact) mass is 595 g/mol. The molecule has 1 atom stereocenters. The number of carboxylic acids is 2. The van der Waals surface area contributed by atoms with Gasteiger partial charge in [0.15, 0.2) is 0 Å².